The van der Waals surface area contributed by atoms with Crippen LogP contribution in [0.1, 0.15) is 17.0 Å². The number of H-pyrrole nitrogens is 1. The van der Waals surface area contributed by atoms with Crippen LogP contribution in [0.3, 0.4) is 0 Å². The summed E-state index contributed by atoms with van der Waals surface area (Å²) < 4.78 is 1.50. The highest BCUT2D eigenvalue weighted by atomic mass is 35.5. The largest absolute Gasteiger partial charge is 0.384 e. The minimum atomic E-state index is -0.111. The number of carbonyl (C=O) groups is 1. The summed E-state index contributed by atoms with van der Waals surface area (Å²) in [4.78, 5) is 15.4. The highest BCUT2D eigenvalue weighted by Crippen LogP contribution is 2.25. The van der Waals surface area contributed by atoms with Crippen LogP contribution in [0.5, 0.6) is 0 Å². The lowest BCUT2D eigenvalue weighted by atomic mass is 10.1. The van der Waals surface area contributed by atoms with Gasteiger partial charge in [0.1, 0.15) is 12.4 Å². The number of amides is 1. The van der Waals surface area contributed by atoms with Gasteiger partial charge in [0.15, 0.2) is 0 Å². The number of nitrogens with zero attached hydrogens (tertiary/aromatic N) is 2. The molecule has 0 atom stereocenters. The van der Waals surface area contributed by atoms with E-state index < -0.39 is 0 Å². The van der Waals surface area contributed by atoms with Crippen LogP contribution in [0.25, 0.3) is 10.9 Å². The number of halogens is 1. The first-order valence-corrected chi connectivity index (χ1v) is 8.15. The van der Waals surface area contributed by atoms with Crippen molar-refractivity contribution in [1.29, 1.82) is 0 Å². The summed E-state index contributed by atoms with van der Waals surface area (Å²) in [5, 5.41) is 8.90. The van der Waals surface area contributed by atoms with Crippen molar-refractivity contribution in [2.75, 3.05) is 12.3 Å². The van der Waals surface area contributed by atoms with E-state index in [1.54, 1.807) is 6.07 Å². The van der Waals surface area contributed by atoms with E-state index in [4.69, 9.17) is 17.3 Å². The molecule has 0 saturated carbocycles. The van der Waals surface area contributed by atoms with Crippen LogP contribution in [0.4, 0.5) is 5.82 Å². The molecule has 3 aromatic rings. The summed E-state index contributed by atoms with van der Waals surface area (Å²) in [5.74, 6) is 0.380. The Labute approximate surface area is 145 Å². The third-order valence-corrected chi connectivity index (χ3v) is 4.24. The Kier molecular flexibility index (Phi) is 4.49. The zero-order valence-corrected chi connectivity index (χ0v) is 14.4. The van der Waals surface area contributed by atoms with E-state index >= 15 is 0 Å². The molecule has 0 aliphatic carbocycles. The third-order valence-electron chi connectivity index (χ3n) is 4.01. The topological polar surface area (TPSA) is 88.7 Å². The van der Waals surface area contributed by atoms with Crippen molar-refractivity contribution in [2.45, 2.75) is 26.8 Å². The van der Waals surface area contributed by atoms with Gasteiger partial charge in [0.05, 0.1) is 5.69 Å². The molecule has 0 bridgehead atoms. The van der Waals surface area contributed by atoms with Gasteiger partial charge in [-0.1, -0.05) is 11.6 Å². The Morgan fingerprint density at radius 1 is 1.38 bits per heavy atom. The summed E-state index contributed by atoms with van der Waals surface area (Å²) in [5.41, 5.74) is 9.91. The van der Waals surface area contributed by atoms with Crippen LogP contribution in [-0.4, -0.2) is 27.2 Å². The predicted molar refractivity (Wildman–Crippen MR) is 96.1 cm³/mol. The second-order valence-corrected chi connectivity index (χ2v) is 6.32. The minimum absolute atomic E-state index is 0.111. The molecule has 6 nitrogen and oxygen atoms in total. The number of aryl methyl sites for hydroxylation is 2. The van der Waals surface area contributed by atoms with Crippen molar-refractivity contribution in [3.8, 4) is 0 Å². The van der Waals surface area contributed by atoms with E-state index in [0.29, 0.717) is 17.4 Å². The van der Waals surface area contributed by atoms with Gasteiger partial charge in [0.25, 0.3) is 0 Å². The summed E-state index contributed by atoms with van der Waals surface area (Å²) >= 11 is 6.09. The molecule has 0 saturated heterocycles. The summed E-state index contributed by atoms with van der Waals surface area (Å²) in [7, 11) is 0. The molecular formula is C17H20ClN5O. The van der Waals surface area contributed by atoms with Gasteiger partial charge in [-0.2, -0.15) is 5.10 Å². The predicted octanol–water partition coefficient (Wildman–Crippen LogP) is 2.58. The second-order valence-electron chi connectivity index (χ2n) is 5.89. The van der Waals surface area contributed by atoms with E-state index in [0.717, 1.165) is 28.7 Å². The number of hydrogen-bond donors (Lipinski definition) is 3. The molecule has 0 radical (unpaired) electrons. The number of hydrogen-bond acceptors (Lipinski definition) is 3. The van der Waals surface area contributed by atoms with E-state index in [-0.39, 0.29) is 12.5 Å². The maximum Gasteiger partial charge on any atom is 0.241 e. The monoisotopic (exact) mass is 345 g/mol. The highest BCUT2D eigenvalue weighted by molar-refractivity contribution is 6.31. The Morgan fingerprint density at radius 2 is 2.17 bits per heavy atom. The average molecular weight is 346 g/mol. The Bertz CT molecular complexity index is 896. The van der Waals surface area contributed by atoms with E-state index in [9.17, 15) is 4.79 Å². The zero-order valence-electron chi connectivity index (χ0n) is 13.7. The van der Waals surface area contributed by atoms with Gasteiger partial charge in [0.2, 0.25) is 5.91 Å². The van der Waals surface area contributed by atoms with Crippen molar-refractivity contribution < 1.29 is 4.79 Å². The normalized spacial score (nSPS) is 11.1. The van der Waals surface area contributed by atoms with Crippen molar-refractivity contribution in [3.63, 3.8) is 0 Å². The molecular weight excluding hydrogens is 326 g/mol. The molecule has 1 aromatic carbocycles. The zero-order chi connectivity index (χ0) is 17.3. The Hall–Kier alpha value is -2.47. The van der Waals surface area contributed by atoms with Crippen LogP contribution in [0.15, 0.2) is 24.3 Å². The van der Waals surface area contributed by atoms with E-state index in [2.05, 4.69) is 15.4 Å². The number of aromatic amines is 1. The fourth-order valence-corrected chi connectivity index (χ4v) is 3.06. The second kappa shape index (κ2) is 6.57. The molecule has 3 rings (SSSR count). The van der Waals surface area contributed by atoms with Gasteiger partial charge in [-0.3, -0.25) is 4.79 Å². The van der Waals surface area contributed by atoms with Gasteiger partial charge in [-0.25, -0.2) is 4.68 Å². The Morgan fingerprint density at radius 3 is 2.88 bits per heavy atom. The van der Waals surface area contributed by atoms with Crippen molar-refractivity contribution in [2.24, 2.45) is 0 Å². The quantitative estimate of drug-likeness (QED) is 0.664. The van der Waals surface area contributed by atoms with Gasteiger partial charge in [0, 0.05) is 34.2 Å². The smallest absolute Gasteiger partial charge is 0.241 e. The maximum atomic E-state index is 12.0. The van der Waals surface area contributed by atoms with Crippen molar-refractivity contribution >= 4 is 34.2 Å². The SMILES string of the molecule is Cc1cc(N)n(CC(=O)NCCc2c(C)[nH]c3ccc(Cl)cc23)n1. The lowest BCUT2D eigenvalue weighted by Gasteiger charge is -2.07. The Balaban J connectivity index is 1.62. The number of nitrogens with two attached hydrogens (primary N) is 1. The number of fused-ring (bicyclic) bond motifs is 1. The summed E-state index contributed by atoms with van der Waals surface area (Å²) in [6.45, 7) is 4.53. The number of nitrogens with one attached hydrogen (secondary N) is 2. The third kappa shape index (κ3) is 3.38. The van der Waals surface area contributed by atoms with Gasteiger partial charge in [-0.05, 0) is 44.0 Å². The molecule has 2 aromatic heterocycles. The average Bonchev–Trinajstić information content (AvgIpc) is 2.98. The maximum absolute atomic E-state index is 12.0. The van der Waals surface area contributed by atoms with Gasteiger partial charge < -0.3 is 16.0 Å². The number of aromatic nitrogens is 3. The number of benzene rings is 1. The molecule has 0 unspecified atom stereocenters. The van der Waals surface area contributed by atoms with Crippen LogP contribution in [0.2, 0.25) is 5.02 Å². The summed E-state index contributed by atoms with van der Waals surface area (Å²) in [6, 6.07) is 7.52. The molecule has 0 spiro atoms. The molecule has 7 heteroatoms. The number of rotatable bonds is 5. The van der Waals surface area contributed by atoms with Crippen molar-refractivity contribution in [3.05, 3.63) is 46.2 Å². The molecule has 24 heavy (non-hydrogen) atoms. The molecule has 0 aliphatic heterocycles. The standard InChI is InChI=1S/C17H20ClN5O/c1-10-7-16(19)23(22-10)9-17(24)20-6-5-13-11(2)21-15-4-3-12(18)8-14(13)15/h3-4,7-8,21H,5-6,9,19H2,1-2H3,(H,20,24). The molecule has 2 heterocycles. The molecule has 126 valence electrons. The van der Waals surface area contributed by atoms with E-state index in [1.165, 1.54) is 10.2 Å². The lowest BCUT2D eigenvalue weighted by Crippen LogP contribution is -2.30. The fraction of sp³-hybridized carbons (Fsp3) is 0.294. The fourth-order valence-electron chi connectivity index (χ4n) is 2.89. The van der Waals surface area contributed by atoms with E-state index in [1.807, 2.05) is 32.0 Å². The first-order chi connectivity index (χ1) is 11.4. The van der Waals surface area contributed by atoms with Crippen LogP contribution in [0, 0.1) is 13.8 Å². The van der Waals surface area contributed by atoms with Gasteiger partial charge in [-0.15, -0.1) is 0 Å². The minimum Gasteiger partial charge on any atom is -0.384 e. The van der Waals surface area contributed by atoms with Crippen molar-refractivity contribution in [1.82, 2.24) is 20.1 Å². The first kappa shape index (κ1) is 16.4. The van der Waals surface area contributed by atoms with Crippen LogP contribution in [-0.2, 0) is 17.8 Å². The van der Waals surface area contributed by atoms with Crippen LogP contribution >= 0.6 is 11.6 Å². The number of anilines is 1. The first-order valence-electron chi connectivity index (χ1n) is 7.77. The highest BCUT2D eigenvalue weighted by Gasteiger charge is 2.11. The number of carbonyl (C=O) groups excluding carboxylic acids is 1. The summed E-state index contributed by atoms with van der Waals surface area (Å²) in [6.07, 6.45) is 0.728. The lowest BCUT2D eigenvalue weighted by molar-refractivity contribution is -0.121. The molecule has 0 fully saturated rings. The number of nitrogen functional groups attached to an aromatic ring is 1. The van der Waals surface area contributed by atoms with Gasteiger partial charge >= 0.3 is 0 Å². The molecule has 4 N–H and O–H groups in total. The van der Waals surface area contributed by atoms with Crippen LogP contribution < -0.4 is 11.1 Å². The molecule has 1 amide bonds. The molecule has 0 aliphatic rings.